The summed E-state index contributed by atoms with van der Waals surface area (Å²) in [5, 5.41) is 5.38. The first-order valence-electron chi connectivity index (χ1n) is 5.50. The van der Waals surface area contributed by atoms with Gasteiger partial charge in [-0.25, -0.2) is 0 Å². The molecule has 0 aromatic carbocycles. The first kappa shape index (κ1) is 10.8. The van der Waals surface area contributed by atoms with Crippen LogP contribution in [0.5, 0.6) is 0 Å². The van der Waals surface area contributed by atoms with Crippen LogP contribution >= 0.6 is 11.3 Å². The Bertz CT molecular complexity index is 350. The van der Waals surface area contributed by atoms with Gasteiger partial charge in [0, 0.05) is 18.5 Å². The van der Waals surface area contributed by atoms with Crippen molar-refractivity contribution in [2.45, 2.75) is 32.7 Å². The molecule has 1 aliphatic heterocycles. The largest absolute Gasteiger partial charge is 0.314 e. The van der Waals surface area contributed by atoms with Crippen molar-refractivity contribution < 1.29 is 4.79 Å². The molecule has 2 atom stereocenters. The summed E-state index contributed by atoms with van der Waals surface area (Å²) in [7, 11) is 0. The summed E-state index contributed by atoms with van der Waals surface area (Å²) in [6.07, 6.45) is 2.14. The number of ketones is 1. The number of hydrogen-bond donors (Lipinski definition) is 1. The summed E-state index contributed by atoms with van der Waals surface area (Å²) in [5.41, 5.74) is 1.13. The Kier molecular flexibility index (Phi) is 3.22. The number of carbonyl (C=O) groups is 1. The number of aryl methyl sites for hydroxylation is 1. The molecule has 0 spiro atoms. The molecule has 2 nitrogen and oxygen atoms in total. The molecule has 82 valence electrons. The van der Waals surface area contributed by atoms with Crippen LogP contribution in [0.3, 0.4) is 0 Å². The van der Waals surface area contributed by atoms with Crippen LogP contribution in [0.1, 0.15) is 35.0 Å². The molecule has 1 saturated heterocycles. The van der Waals surface area contributed by atoms with Gasteiger partial charge in [0.15, 0.2) is 5.78 Å². The Morgan fingerprint density at radius 2 is 2.33 bits per heavy atom. The van der Waals surface area contributed by atoms with E-state index in [0.29, 0.717) is 11.8 Å². The van der Waals surface area contributed by atoms with E-state index in [-0.39, 0.29) is 5.92 Å². The average Bonchev–Trinajstić information content (AvgIpc) is 2.65. The van der Waals surface area contributed by atoms with Crippen LogP contribution in [0.25, 0.3) is 0 Å². The zero-order chi connectivity index (χ0) is 10.8. The lowest BCUT2D eigenvalue weighted by Gasteiger charge is -2.26. The summed E-state index contributed by atoms with van der Waals surface area (Å²) in [4.78, 5) is 13.1. The Labute approximate surface area is 94.7 Å². The van der Waals surface area contributed by atoms with Crippen molar-refractivity contribution in [2.75, 3.05) is 6.54 Å². The minimum atomic E-state index is 0.193. The second-order valence-electron chi connectivity index (χ2n) is 4.38. The molecule has 0 aliphatic carbocycles. The molecule has 1 fully saturated rings. The Hall–Kier alpha value is -0.670. The molecule has 3 heteroatoms. The van der Waals surface area contributed by atoms with Gasteiger partial charge in [-0.15, -0.1) is 11.3 Å². The molecule has 1 aromatic rings. The van der Waals surface area contributed by atoms with Crippen molar-refractivity contribution in [1.29, 1.82) is 0 Å². The van der Waals surface area contributed by atoms with E-state index >= 15 is 0 Å². The molecule has 1 aliphatic rings. The van der Waals surface area contributed by atoms with E-state index < -0.39 is 0 Å². The topological polar surface area (TPSA) is 29.1 Å². The van der Waals surface area contributed by atoms with Gasteiger partial charge < -0.3 is 5.32 Å². The lowest BCUT2D eigenvalue weighted by molar-refractivity contribution is 0.0895. The minimum Gasteiger partial charge on any atom is -0.314 e. The van der Waals surface area contributed by atoms with Crippen molar-refractivity contribution >= 4 is 17.1 Å². The number of carbonyl (C=O) groups excluding carboxylic acids is 1. The molecule has 0 bridgehead atoms. The lowest BCUT2D eigenvalue weighted by Crippen LogP contribution is -2.39. The average molecular weight is 223 g/mol. The van der Waals surface area contributed by atoms with E-state index in [1.807, 2.05) is 18.4 Å². The molecule has 2 unspecified atom stereocenters. The second kappa shape index (κ2) is 4.45. The number of thiophene rings is 1. The van der Waals surface area contributed by atoms with E-state index in [2.05, 4.69) is 12.2 Å². The summed E-state index contributed by atoms with van der Waals surface area (Å²) < 4.78 is 0. The maximum Gasteiger partial charge on any atom is 0.177 e. The van der Waals surface area contributed by atoms with Crippen LogP contribution in [0.2, 0.25) is 0 Å². The molecular formula is C12H17NOS. The summed E-state index contributed by atoms with van der Waals surface area (Å²) in [5.74, 6) is 0.528. The Morgan fingerprint density at radius 3 is 2.87 bits per heavy atom. The third-order valence-electron chi connectivity index (χ3n) is 3.12. The number of piperidine rings is 1. The molecule has 0 amide bonds. The third-order valence-corrected chi connectivity index (χ3v) is 4.15. The highest BCUT2D eigenvalue weighted by Crippen LogP contribution is 2.24. The first-order chi connectivity index (χ1) is 7.18. The maximum atomic E-state index is 12.2. The van der Waals surface area contributed by atoms with E-state index in [1.165, 1.54) is 0 Å². The SMILES string of the molecule is Cc1ccsc1C(=O)C1CCC(C)NC1. The molecule has 15 heavy (non-hydrogen) atoms. The molecular weight excluding hydrogens is 206 g/mol. The molecule has 0 radical (unpaired) electrons. The number of hydrogen-bond acceptors (Lipinski definition) is 3. The summed E-state index contributed by atoms with van der Waals surface area (Å²) in [6, 6.07) is 2.59. The van der Waals surface area contributed by atoms with E-state index in [9.17, 15) is 4.79 Å². The van der Waals surface area contributed by atoms with Crippen LogP contribution in [0, 0.1) is 12.8 Å². The monoisotopic (exact) mass is 223 g/mol. The van der Waals surface area contributed by atoms with Gasteiger partial charge in [-0.05, 0) is 43.7 Å². The van der Waals surface area contributed by atoms with E-state index in [4.69, 9.17) is 0 Å². The third kappa shape index (κ3) is 2.29. The van der Waals surface area contributed by atoms with Crippen molar-refractivity contribution in [3.8, 4) is 0 Å². The predicted molar refractivity (Wildman–Crippen MR) is 63.6 cm³/mol. The van der Waals surface area contributed by atoms with Crippen molar-refractivity contribution in [3.05, 3.63) is 21.9 Å². The zero-order valence-electron chi connectivity index (χ0n) is 9.25. The Morgan fingerprint density at radius 1 is 1.53 bits per heavy atom. The fourth-order valence-corrected chi connectivity index (χ4v) is 2.98. The van der Waals surface area contributed by atoms with Gasteiger partial charge in [-0.1, -0.05) is 0 Å². The van der Waals surface area contributed by atoms with Crippen molar-refractivity contribution in [2.24, 2.45) is 5.92 Å². The molecule has 2 heterocycles. The fraction of sp³-hybridized carbons (Fsp3) is 0.583. The molecule has 2 rings (SSSR count). The number of Topliss-reactive ketones (excluding diaryl/α,β-unsaturated/α-hetero) is 1. The van der Waals surface area contributed by atoms with Gasteiger partial charge in [0.1, 0.15) is 0 Å². The lowest BCUT2D eigenvalue weighted by atomic mass is 9.90. The summed E-state index contributed by atoms with van der Waals surface area (Å²) >= 11 is 1.57. The Balaban J connectivity index is 2.06. The van der Waals surface area contributed by atoms with Crippen LogP contribution < -0.4 is 5.32 Å². The van der Waals surface area contributed by atoms with E-state index in [1.54, 1.807) is 11.3 Å². The quantitative estimate of drug-likeness (QED) is 0.781. The van der Waals surface area contributed by atoms with Gasteiger partial charge in [0.25, 0.3) is 0 Å². The van der Waals surface area contributed by atoms with Crippen LogP contribution in [0.4, 0.5) is 0 Å². The molecule has 1 N–H and O–H groups in total. The van der Waals surface area contributed by atoms with Crippen molar-refractivity contribution in [3.63, 3.8) is 0 Å². The fourth-order valence-electron chi connectivity index (χ4n) is 2.03. The smallest absolute Gasteiger partial charge is 0.177 e. The number of rotatable bonds is 2. The zero-order valence-corrected chi connectivity index (χ0v) is 10.1. The van der Waals surface area contributed by atoms with E-state index in [0.717, 1.165) is 29.8 Å². The van der Waals surface area contributed by atoms with Gasteiger partial charge in [-0.3, -0.25) is 4.79 Å². The van der Waals surface area contributed by atoms with Crippen LogP contribution in [0.15, 0.2) is 11.4 Å². The first-order valence-corrected chi connectivity index (χ1v) is 6.38. The van der Waals surface area contributed by atoms with Gasteiger partial charge in [0.05, 0.1) is 4.88 Å². The van der Waals surface area contributed by atoms with Crippen LogP contribution in [-0.2, 0) is 0 Å². The van der Waals surface area contributed by atoms with Gasteiger partial charge in [0.2, 0.25) is 0 Å². The highest BCUT2D eigenvalue weighted by Gasteiger charge is 2.26. The van der Waals surface area contributed by atoms with Crippen molar-refractivity contribution in [1.82, 2.24) is 5.32 Å². The van der Waals surface area contributed by atoms with Gasteiger partial charge in [-0.2, -0.15) is 0 Å². The maximum absolute atomic E-state index is 12.2. The molecule has 1 aromatic heterocycles. The predicted octanol–water partition coefficient (Wildman–Crippen LogP) is 2.63. The standard InChI is InChI=1S/C12H17NOS/c1-8-5-6-15-12(8)11(14)10-4-3-9(2)13-7-10/h5-6,9-10,13H,3-4,7H2,1-2H3. The minimum absolute atomic E-state index is 0.193. The normalized spacial score (nSPS) is 26.5. The summed E-state index contributed by atoms with van der Waals surface area (Å²) in [6.45, 7) is 5.04. The second-order valence-corrected chi connectivity index (χ2v) is 5.30. The number of nitrogens with one attached hydrogen (secondary N) is 1. The van der Waals surface area contributed by atoms with Gasteiger partial charge >= 0.3 is 0 Å². The molecule has 0 saturated carbocycles. The van der Waals surface area contributed by atoms with Crippen LogP contribution in [-0.4, -0.2) is 18.4 Å². The highest BCUT2D eigenvalue weighted by atomic mass is 32.1. The highest BCUT2D eigenvalue weighted by molar-refractivity contribution is 7.12.